The number of carbonyl (C=O) groups excluding carboxylic acids is 1. The van der Waals surface area contributed by atoms with Gasteiger partial charge in [-0.15, -0.1) is 0 Å². The summed E-state index contributed by atoms with van der Waals surface area (Å²) in [5, 5.41) is 0.549. The molecule has 2 rings (SSSR count). The van der Waals surface area contributed by atoms with E-state index in [-0.39, 0.29) is 5.91 Å². The van der Waals surface area contributed by atoms with Crippen molar-refractivity contribution < 1.29 is 4.79 Å². The van der Waals surface area contributed by atoms with Gasteiger partial charge in [-0.1, -0.05) is 37.6 Å². The summed E-state index contributed by atoms with van der Waals surface area (Å²) in [6.07, 6.45) is 2.18. The Hall–Kier alpha value is -1.06. The van der Waals surface area contributed by atoms with E-state index >= 15 is 0 Å². The van der Waals surface area contributed by atoms with Crippen LogP contribution in [0.5, 0.6) is 0 Å². The van der Waals surface area contributed by atoms with Gasteiger partial charge in [-0.05, 0) is 44.0 Å². The Morgan fingerprint density at radius 1 is 1.24 bits per heavy atom. The molecule has 21 heavy (non-hydrogen) atoms. The van der Waals surface area contributed by atoms with Crippen LogP contribution < -0.4 is 0 Å². The standard InChI is InChI=1S/C17H25ClN2O/c1-3-19(4-2)13-14-9-11-20(12-10-14)17(21)15-7-5-6-8-16(15)18/h5-8,14H,3-4,9-13H2,1-2H3. The van der Waals surface area contributed by atoms with Crippen LogP contribution in [0.25, 0.3) is 0 Å². The van der Waals surface area contributed by atoms with Gasteiger partial charge < -0.3 is 9.80 Å². The zero-order valence-electron chi connectivity index (χ0n) is 13.0. The van der Waals surface area contributed by atoms with Crippen LogP contribution in [0.15, 0.2) is 24.3 Å². The molecule has 0 spiro atoms. The summed E-state index contributed by atoms with van der Waals surface area (Å²) in [7, 11) is 0. The minimum absolute atomic E-state index is 0.0712. The molecule has 3 nitrogen and oxygen atoms in total. The Kier molecular flexibility index (Phi) is 6.07. The molecule has 1 aliphatic rings. The lowest BCUT2D eigenvalue weighted by Gasteiger charge is -2.34. The van der Waals surface area contributed by atoms with Gasteiger partial charge >= 0.3 is 0 Å². The van der Waals surface area contributed by atoms with Crippen LogP contribution in [0.3, 0.4) is 0 Å². The summed E-state index contributed by atoms with van der Waals surface area (Å²) in [5.74, 6) is 0.780. The SMILES string of the molecule is CCN(CC)CC1CCN(C(=O)c2ccccc2Cl)CC1. The third-order valence-corrected chi connectivity index (χ3v) is 4.75. The molecule has 1 heterocycles. The molecule has 0 N–H and O–H groups in total. The lowest BCUT2D eigenvalue weighted by Crippen LogP contribution is -2.41. The van der Waals surface area contributed by atoms with Crippen LogP contribution in [0.1, 0.15) is 37.0 Å². The maximum atomic E-state index is 12.5. The Morgan fingerprint density at radius 3 is 2.43 bits per heavy atom. The molecule has 1 aromatic carbocycles. The van der Waals surface area contributed by atoms with Gasteiger partial charge in [0.25, 0.3) is 5.91 Å². The third kappa shape index (κ3) is 4.21. The summed E-state index contributed by atoms with van der Waals surface area (Å²) in [5.41, 5.74) is 0.626. The summed E-state index contributed by atoms with van der Waals surface area (Å²) in [6, 6.07) is 7.32. The summed E-state index contributed by atoms with van der Waals surface area (Å²) in [4.78, 5) is 16.9. The molecule has 0 aliphatic carbocycles. The van der Waals surface area contributed by atoms with Crippen LogP contribution in [0.2, 0.25) is 5.02 Å². The Morgan fingerprint density at radius 2 is 1.86 bits per heavy atom. The van der Waals surface area contributed by atoms with Gasteiger partial charge in [-0.3, -0.25) is 4.79 Å². The van der Waals surface area contributed by atoms with Crippen molar-refractivity contribution in [3.63, 3.8) is 0 Å². The van der Waals surface area contributed by atoms with E-state index in [1.165, 1.54) is 0 Å². The smallest absolute Gasteiger partial charge is 0.255 e. The van der Waals surface area contributed by atoms with Crippen LogP contribution in [0, 0.1) is 5.92 Å². The van der Waals surface area contributed by atoms with Crippen molar-refractivity contribution in [3.05, 3.63) is 34.9 Å². The van der Waals surface area contributed by atoms with Crippen LogP contribution in [-0.4, -0.2) is 48.4 Å². The highest BCUT2D eigenvalue weighted by Gasteiger charge is 2.25. The van der Waals surface area contributed by atoms with E-state index in [2.05, 4.69) is 18.7 Å². The monoisotopic (exact) mass is 308 g/mol. The highest BCUT2D eigenvalue weighted by molar-refractivity contribution is 6.33. The molecule has 0 unspecified atom stereocenters. The number of nitrogens with zero attached hydrogens (tertiary/aromatic N) is 2. The molecular formula is C17H25ClN2O. The van der Waals surface area contributed by atoms with Crippen LogP contribution >= 0.6 is 11.6 Å². The van der Waals surface area contributed by atoms with Crippen molar-refractivity contribution in [1.82, 2.24) is 9.80 Å². The molecule has 0 aromatic heterocycles. The van der Waals surface area contributed by atoms with Gasteiger partial charge in [-0.2, -0.15) is 0 Å². The fourth-order valence-electron chi connectivity index (χ4n) is 2.97. The van der Waals surface area contributed by atoms with Gasteiger partial charge in [0.2, 0.25) is 0 Å². The zero-order chi connectivity index (χ0) is 15.2. The van der Waals surface area contributed by atoms with E-state index in [1.807, 2.05) is 23.1 Å². The van der Waals surface area contributed by atoms with Gasteiger partial charge in [0.05, 0.1) is 10.6 Å². The first-order chi connectivity index (χ1) is 10.2. The Labute approximate surface area is 132 Å². The number of benzene rings is 1. The molecule has 1 aliphatic heterocycles. The number of likely N-dealkylation sites (tertiary alicyclic amines) is 1. The second kappa shape index (κ2) is 7.81. The van der Waals surface area contributed by atoms with Crippen LogP contribution in [0.4, 0.5) is 0 Å². The van der Waals surface area contributed by atoms with Crippen molar-refractivity contribution in [3.8, 4) is 0 Å². The largest absolute Gasteiger partial charge is 0.339 e. The van der Waals surface area contributed by atoms with Gasteiger partial charge in [0.1, 0.15) is 0 Å². The Bertz CT molecular complexity index is 466. The number of hydrogen-bond donors (Lipinski definition) is 0. The second-order valence-corrected chi connectivity index (χ2v) is 6.11. The van der Waals surface area contributed by atoms with Gasteiger partial charge in [0.15, 0.2) is 0 Å². The molecule has 1 saturated heterocycles. The summed E-state index contributed by atoms with van der Waals surface area (Å²) in [6.45, 7) is 9.47. The number of hydrogen-bond acceptors (Lipinski definition) is 2. The first-order valence-electron chi connectivity index (χ1n) is 7.91. The third-order valence-electron chi connectivity index (χ3n) is 4.42. The minimum Gasteiger partial charge on any atom is -0.339 e. The van der Waals surface area contributed by atoms with Crippen LogP contribution in [-0.2, 0) is 0 Å². The number of amides is 1. The van der Waals surface area contributed by atoms with Crippen molar-refractivity contribution in [2.45, 2.75) is 26.7 Å². The molecule has 4 heteroatoms. The molecule has 0 bridgehead atoms. The van der Waals surface area contributed by atoms with Gasteiger partial charge in [-0.25, -0.2) is 0 Å². The maximum Gasteiger partial charge on any atom is 0.255 e. The highest BCUT2D eigenvalue weighted by atomic mass is 35.5. The predicted octanol–water partition coefficient (Wildman–Crippen LogP) is 3.53. The van der Waals surface area contributed by atoms with Crippen molar-refractivity contribution in [2.75, 3.05) is 32.7 Å². The molecule has 0 radical (unpaired) electrons. The van der Waals surface area contributed by atoms with Gasteiger partial charge in [0, 0.05) is 19.6 Å². The van der Waals surface area contributed by atoms with E-state index in [4.69, 9.17) is 11.6 Å². The normalized spacial score (nSPS) is 16.5. The lowest BCUT2D eigenvalue weighted by molar-refractivity contribution is 0.0670. The first kappa shape index (κ1) is 16.3. The molecule has 1 amide bonds. The van der Waals surface area contributed by atoms with E-state index in [1.54, 1.807) is 6.07 Å². The average Bonchev–Trinajstić information content (AvgIpc) is 2.53. The maximum absolute atomic E-state index is 12.5. The molecule has 1 aromatic rings. The summed E-state index contributed by atoms with van der Waals surface area (Å²) >= 11 is 6.12. The fourth-order valence-corrected chi connectivity index (χ4v) is 3.19. The molecule has 116 valence electrons. The fraction of sp³-hybridized carbons (Fsp3) is 0.588. The van der Waals surface area contributed by atoms with E-state index in [9.17, 15) is 4.79 Å². The predicted molar refractivity (Wildman–Crippen MR) is 87.9 cm³/mol. The molecular weight excluding hydrogens is 284 g/mol. The number of rotatable bonds is 5. The number of halogens is 1. The molecule has 0 atom stereocenters. The number of carbonyl (C=O) groups is 1. The van der Waals surface area contributed by atoms with E-state index in [0.29, 0.717) is 16.5 Å². The molecule has 0 saturated carbocycles. The topological polar surface area (TPSA) is 23.6 Å². The minimum atomic E-state index is 0.0712. The Balaban J connectivity index is 1.89. The van der Waals surface area contributed by atoms with Crippen molar-refractivity contribution >= 4 is 17.5 Å². The summed E-state index contributed by atoms with van der Waals surface area (Å²) < 4.78 is 0. The average molecular weight is 309 g/mol. The first-order valence-corrected chi connectivity index (χ1v) is 8.29. The van der Waals surface area contributed by atoms with E-state index < -0.39 is 0 Å². The quantitative estimate of drug-likeness (QED) is 0.830. The highest BCUT2D eigenvalue weighted by Crippen LogP contribution is 2.22. The lowest BCUT2D eigenvalue weighted by atomic mass is 9.95. The van der Waals surface area contributed by atoms with Crippen molar-refractivity contribution in [2.24, 2.45) is 5.92 Å². The zero-order valence-corrected chi connectivity index (χ0v) is 13.8. The second-order valence-electron chi connectivity index (χ2n) is 5.70. The van der Waals surface area contributed by atoms with Crippen molar-refractivity contribution in [1.29, 1.82) is 0 Å². The number of piperidine rings is 1. The van der Waals surface area contributed by atoms with E-state index in [0.717, 1.165) is 45.6 Å². The molecule has 1 fully saturated rings.